The molecule has 0 bridgehead atoms. The van der Waals surface area contributed by atoms with E-state index in [1.165, 1.54) is 19.2 Å². The van der Waals surface area contributed by atoms with Crippen LogP contribution in [-0.2, 0) is 11.2 Å². The van der Waals surface area contributed by atoms with E-state index in [1.807, 2.05) is 0 Å². The van der Waals surface area contributed by atoms with Crippen LogP contribution in [-0.4, -0.2) is 43.9 Å². The smallest absolute Gasteiger partial charge is 0.335 e. The Morgan fingerprint density at radius 1 is 1.04 bits per heavy atom. The zero-order chi connectivity index (χ0) is 19.8. The molecule has 0 fully saturated rings. The van der Waals surface area contributed by atoms with Gasteiger partial charge in [0.2, 0.25) is 0 Å². The molecule has 0 aliphatic heterocycles. The monoisotopic (exact) mass is 373 g/mol. The van der Waals surface area contributed by atoms with Crippen molar-refractivity contribution >= 4 is 11.9 Å². The molecule has 0 saturated heterocycles. The first-order chi connectivity index (χ1) is 12.9. The van der Waals surface area contributed by atoms with Crippen LogP contribution in [0.25, 0.3) is 0 Å². The molecule has 144 valence electrons. The fourth-order valence-corrected chi connectivity index (χ4v) is 2.46. The van der Waals surface area contributed by atoms with Gasteiger partial charge in [-0.3, -0.25) is 4.79 Å². The average Bonchev–Trinajstić information content (AvgIpc) is 2.68. The predicted octanol–water partition coefficient (Wildman–Crippen LogP) is 2.53. The van der Waals surface area contributed by atoms with Crippen molar-refractivity contribution in [3.8, 4) is 17.2 Å². The molecule has 2 N–H and O–H groups in total. The zero-order valence-corrected chi connectivity index (χ0v) is 15.5. The lowest BCUT2D eigenvalue weighted by Crippen LogP contribution is -2.37. The quantitative estimate of drug-likeness (QED) is 0.701. The Bertz CT molecular complexity index is 788. The number of hydrogen-bond acceptors (Lipinski definition) is 5. The molecule has 2 aromatic carbocycles. The average molecular weight is 373 g/mol. The molecule has 27 heavy (non-hydrogen) atoms. The summed E-state index contributed by atoms with van der Waals surface area (Å²) in [5, 5.41) is 11.8. The number of carboxylic acid groups (broad SMARTS) is 1. The molecule has 0 spiro atoms. The second-order valence-corrected chi connectivity index (χ2v) is 5.81. The summed E-state index contributed by atoms with van der Waals surface area (Å²) in [5.41, 5.74) is 0.965. The summed E-state index contributed by atoms with van der Waals surface area (Å²) in [4.78, 5) is 23.2. The van der Waals surface area contributed by atoms with Crippen LogP contribution in [0, 0.1) is 0 Å². The number of carboxylic acids is 1. The van der Waals surface area contributed by atoms with Gasteiger partial charge < -0.3 is 24.6 Å². The molecule has 7 heteroatoms. The molecule has 0 aliphatic rings. The summed E-state index contributed by atoms with van der Waals surface area (Å²) < 4.78 is 15.9. The van der Waals surface area contributed by atoms with E-state index in [4.69, 9.17) is 19.3 Å². The first-order valence-corrected chi connectivity index (χ1v) is 8.43. The normalized spacial score (nSPS) is 11.4. The Kier molecular flexibility index (Phi) is 7.05. The van der Waals surface area contributed by atoms with E-state index in [-0.39, 0.29) is 11.5 Å². The number of carbonyl (C=O) groups is 2. The lowest BCUT2D eigenvalue weighted by Gasteiger charge is -2.15. The maximum absolute atomic E-state index is 12.2. The number of carbonyl (C=O) groups excluding carboxylic acids is 1. The van der Waals surface area contributed by atoms with E-state index in [9.17, 15) is 9.59 Å². The highest BCUT2D eigenvalue weighted by Gasteiger charge is 2.15. The van der Waals surface area contributed by atoms with Gasteiger partial charge in [-0.15, -0.1) is 0 Å². The van der Waals surface area contributed by atoms with Crippen molar-refractivity contribution in [3.63, 3.8) is 0 Å². The highest BCUT2D eigenvalue weighted by atomic mass is 16.5. The van der Waals surface area contributed by atoms with Gasteiger partial charge in [0, 0.05) is 6.54 Å². The summed E-state index contributed by atoms with van der Waals surface area (Å²) in [6, 6.07) is 11.6. The lowest BCUT2D eigenvalue weighted by atomic mass is 10.1. The van der Waals surface area contributed by atoms with E-state index >= 15 is 0 Å². The summed E-state index contributed by atoms with van der Waals surface area (Å²) in [6.45, 7) is 2.04. The van der Waals surface area contributed by atoms with Crippen molar-refractivity contribution in [2.24, 2.45) is 0 Å². The van der Waals surface area contributed by atoms with Crippen molar-refractivity contribution in [2.45, 2.75) is 19.4 Å². The van der Waals surface area contributed by atoms with E-state index in [0.717, 1.165) is 5.56 Å². The number of nitrogens with one attached hydrogen (secondary N) is 1. The Morgan fingerprint density at radius 2 is 1.70 bits per heavy atom. The fourth-order valence-electron chi connectivity index (χ4n) is 2.46. The lowest BCUT2D eigenvalue weighted by molar-refractivity contribution is -0.127. The van der Waals surface area contributed by atoms with Crippen molar-refractivity contribution in [2.75, 3.05) is 20.8 Å². The molecule has 0 heterocycles. The van der Waals surface area contributed by atoms with Gasteiger partial charge in [0.15, 0.2) is 6.10 Å². The third-order valence-electron chi connectivity index (χ3n) is 3.97. The van der Waals surface area contributed by atoms with E-state index in [0.29, 0.717) is 30.2 Å². The summed E-state index contributed by atoms with van der Waals surface area (Å²) in [7, 11) is 3.06. The third kappa shape index (κ3) is 5.64. The van der Waals surface area contributed by atoms with Crippen molar-refractivity contribution in [3.05, 3.63) is 53.6 Å². The predicted molar refractivity (Wildman–Crippen MR) is 99.8 cm³/mol. The molecule has 1 amide bonds. The number of benzene rings is 2. The van der Waals surface area contributed by atoms with Crippen LogP contribution in [0.2, 0.25) is 0 Å². The number of methoxy groups -OCH3 is 2. The van der Waals surface area contributed by atoms with Gasteiger partial charge >= 0.3 is 5.97 Å². The Hall–Kier alpha value is -3.22. The van der Waals surface area contributed by atoms with Gasteiger partial charge in [0.25, 0.3) is 5.91 Å². The minimum Gasteiger partial charge on any atom is -0.497 e. The molecule has 7 nitrogen and oxygen atoms in total. The summed E-state index contributed by atoms with van der Waals surface area (Å²) in [6.07, 6.45) is -0.154. The highest BCUT2D eigenvalue weighted by molar-refractivity contribution is 5.88. The molecule has 2 rings (SSSR count). The number of aromatic carboxylic acids is 1. The first kappa shape index (κ1) is 20.1. The second kappa shape index (κ2) is 9.47. The number of rotatable bonds is 9. The molecule has 1 unspecified atom stereocenters. The standard InChI is InChI=1S/C20H23NO6/c1-13(27-17-8-6-16(25-2)7-9-17)19(22)21-11-10-14-4-5-15(20(23)24)12-18(14)26-3/h4-9,12-13H,10-11H2,1-3H3,(H,21,22)(H,23,24). The zero-order valence-electron chi connectivity index (χ0n) is 15.5. The molecule has 0 aromatic heterocycles. The highest BCUT2D eigenvalue weighted by Crippen LogP contribution is 2.21. The van der Waals surface area contributed by atoms with Gasteiger partial charge in [-0.2, -0.15) is 0 Å². The van der Waals surface area contributed by atoms with E-state index in [2.05, 4.69) is 5.32 Å². The van der Waals surface area contributed by atoms with Crippen LogP contribution in [0.15, 0.2) is 42.5 Å². The van der Waals surface area contributed by atoms with Crippen LogP contribution in [0.5, 0.6) is 17.2 Å². The fraction of sp³-hybridized carbons (Fsp3) is 0.300. The minimum absolute atomic E-state index is 0.154. The van der Waals surface area contributed by atoms with Crippen LogP contribution < -0.4 is 19.5 Å². The Morgan fingerprint density at radius 3 is 2.30 bits per heavy atom. The van der Waals surface area contributed by atoms with Gasteiger partial charge in [-0.25, -0.2) is 4.79 Å². The molecule has 1 atom stereocenters. The van der Waals surface area contributed by atoms with E-state index < -0.39 is 12.1 Å². The Balaban J connectivity index is 1.86. The van der Waals surface area contributed by atoms with Gasteiger partial charge in [0.1, 0.15) is 17.2 Å². The van der Waals surface area contributed by atoms with Crippen molar-refractivity contribution < 1.29 is 28.9 Å². The van der Waals surface area contributed by atoms with Crippen LogP contribution in [0.4, 0.5) is 0 Å². The van der Waals surface area contributed by atoms with Crippen LogP contribution in [0.3, 0.4) is 0 Å². The molecule has 0 radical (unpaired) electrons. The summed E-state index contributed by atoms with van der Waals surface area (Å²) >= 11 is 0. The molecule has 0 saturated carbocycles. The number of ether oxygens (including phenoxy) is 3. The van der Waals surface area contributed by atoms with Crippen molar-refractivity contribution in [1.82, 2.24) is 5.32 Å². The molecule has 0 aliphatic carbocycles. The third-order valence-corrected chi connectivity index (χ3v) is 3.97. The van der Waals surface area contributed by atoms with Crippen LogP contribution >= 0.6 is 0 Å². The van der Waals surface area contributed by atoms with Crippen molar-refractivity contribution in [1.29, 1.82) is 0 Å². The van der Waals surface area contributed by atoms with Crippen LogP contribution in [0.1, 0.15) is 22.8 Å². The molecule has 2 aromatic rings. The largest absolute Gasteiger partial charge is 0.497 e. The van der Waals surface area contributed by atoms with E-state index in [1.54, 1.807) is 44.4 Å². The van der Waals surface area contributed by atoms with Gasteiger partial charge in [-0.05, 0) is 55.3 Å². The van der Waals surface area contributed by atoms with Gasteiger partial charge in [0.05, 0.1) is 19.8 Å². The Labute approximate surface area is 157 Å². The molecular weight excluding hydrogens is 350 g/mol. The SMILES string of the molecule is COc1ccc(OC(C)C(=O)NCCc2ccc(C(=O)O)cc2OC)cc1. The maximum Gasteiger partial charge on any atom is 0.335 e. The maximum atomic E-state index is 12.2. The number of hydrogen-bond donors (Lipinski definition) is 2. The van der Waals surface area contributed by atoms with Gasteiger partial charge in [-0.1, -0.05) is 6.07 Å². The number of amides is 1. The first-order valence-electron chi connectivity index (χ1n) is 8.43. The summed E-state index contributed by atoms with van der Waals surface area (Å²) in [5.74, 6) is 0.503. The molecular formula is C20H23NO6. The minimum atomic E-state index is -1.02. The topological polar surface area (TPSA) is 94.1 Å². The second-order valence-electron chi connectivity index (χ2n) is 5.81.